The van der Waals surface area contributed by atoms with Gasteiger partial charge in [-0.15, -0.1) is 0 Å². The van der Waals surface area contributed by atoms with Crippen LogP contribution in [0.2, 0.25) is 0 Å². The van der Waals surface area contributed by atoms with Gasteiger partial charge in [0.05, 0.1) is 0 Å². The Balaban J connectivity index is 1.36. The molecule has 0 N–H and O–H groups in total. The molecule has 0 radical (unpaired) electrons. The van der Waals surface area contributed by atoms with Gasteiger partial charge in [-0.2, -0.15) is 0 Å². The van der Waals surface area contributed by atoms with E-state index in [1.54, 1.807) is 6.07 Å². The molecular weight excluding hydrogens is 367 g/mol. The molecule has 1 aromatic carbocycles. The number of rotatable bonds is 8. The quantitative estimate of drug-likeness (QED) is 0.297. The molecule has 0 heterocycles. The van der Waals surface area contributed by atoms with Gasteiger partial charge < -0.3 is 0 Å². The van der Waals surface area contributed by atoms with Gasteiger partial charge in [-0.1, -0.05) is 83.1 Å². The summed E-state index contributed by atoms with van der Waals surface area (Å²) in [5.74, 6) is 10.0. The summed E-state index contributed by atoms with van der Waals surface area (Å²) < 4.78 is 14.0. The molecule has 30 heavy (non-hydrogen) atoms. The Bertz CT molecular complexity index is 678. The second kappa shape index (κ2) is 12.5. The topological polar surface area (TPSA) is 0 Å². The molecule has 0 amide bonds. The van der Waals surface area contributed by atoms with Crippen molar-refractivity contribution in [2.24, 2.45) is 23.7 Å². The van der Waals surface area contributed by atoms with Crippen molar-refractivity contribution < 1.29 is 4.39 Å². The summed E-state index contributed by atoms with van der Waals surface area (Å²) in [7, 11) is 0. The van der Waals surface area contributed by atoms with Crippen molar-refractivity contribution >= 4 is 0 Å². The maximum Gasteiger partial charge on any atom is 0.127 e. The van der Waals surface area contributed by atoms with Crippen LogP contribution in [-0.4, -0.2) is 0 Å². The van der Waals surface area contributed by atoms with E-state index in [2.05, 4.69) is 18.8 Å². The van der Waals surface area contributed by atoms with E-state index in [0.717, 1.165) is 35.3 Å². The smallest absolute Gasteiger partial charge is 0.127 e. The molecule has 0 spiro atoms. The number of hydrogen-bond acceptors (Lipinski definition) is 0. The zero-order valence-corrected chi connectivity index (χ0v) is 19.5. The number of benzene rings is 1. The van der Waals surface area contributed by atoms with Crippen molar-refractivity contribution in [3.63, 3.8) is 0 Å². The van der Waals surface area contributed by atoms with Crippen molar-refractivity contribution in [3.8, 4) is 11.8 Å². The molecule has 1 aromatic rings. The van der Waals surface area contributed by atoms with Crippen LogP contribution < -0.4 is 0 Å². The van der Waals surface area contributed by atoms with E-state index in [0.29, 0.717) is 5.92 Å². The Kier molecular flexibility index (Phi) is 9.77. The summed E-state index contributed by atoms with van der Waals surface area (Å²) in [6.07, 6.45) is 20.5. The SMILES string of the molecule is CCCCCCC[C@H]1CC[C@H]([C@H]2CC[C@H](C#Cc3ccc(CC)c(F)c3)CC2)CC1. The van der Waals surface area contributed by atoms with E-state index in [9.17, 15) is 4.39 Å². The number of hydrogen-bond donors (Lipinski definition) is 0. The molecule has 2 fully saturated rings. The van der Waals surface area contributed by atoms with E-state index in [1.165, 1.54) is 89.9 Å². The first-order chi connectivity index (χ1) is 14.7. The third-order valence-corrected chi connectivity index (χ3v) is 7.90. The predicted molar refractivity (Wildman–Crippen MR) is 127 cm³/mol. The highest BCUT2D eigenvalue weighted by Crippen LogP contribution is 2.42. The van der Waals surface area contributed by atoms with Crippen molar-refractivity contribution in [3.05, 3.63) is 35.1 Å². The number of halogens is 1. The van der Waals surface area contributed by atoms with Crippen LogP contribution in [-0.2, 0) is 6.42 Å². The summed E-state index contributed by atoms with van der Waals surface area (Å²) >= 11 is 0. The summed E-state index contributed by atoms with van der Waals surface area (Å²) in [5, 5.41) is 0. The first kappa shape index (κ1) is 23.4. The minimum Gasteiger partial charge on any atom is -0.207 e. The van der Waals surface area contributed by atoms with Crippen molar-refractivity contribution in [1.82, 2.24) is 0 Å². The average molecular weight is 411 g/mol. The average Bonchev–Trinajstić information content (AvgIpc) is 2.78. The highest BCUT2D eigenvalue weighted by Gasteiger charge is 2.30. The molecule has 1 heteroatoms. The summed E-state index contributed by atoms with van der Waals surface area (Å²) in [4.78, 5) is 0. The lowest BCUT2D eigenvalue weighted by atomic mass is 9.69. The molecular formula is C29H43F. The minimum atomic E-state index is -0.107. The number of unbranched alkanes of at least 4 members (excludes halogenated alkanes) is 4. The maximum atomic E-state index is 14.0. The first-order valence-corrected chi connectivity index (χ1v) is 13.0. The molecule has 0 saturated heterocycles. The van der Waals surface area contributed by atoms with Crippen LogP contribution in [0, 0.1) is 41.3 Å². The van der Waals surface area contributed by atoms with Gasteiger partial charge >= 0.3 is 0 Å². The first-order valence-electron chi connectivity index (χ1n) is 13.0. The van der Waals surface area contributed by atoms with Gasteiger partial charge in [0.15, 0.2) is 0 Å². The zero-order chi connectivity index (χ0) is 21.2. The van der Waals surface area contributed by atoms with Crippen LogP contribution >= 0.6 is 0 Å². The number of aryl methyl sites for hydroxylation is 1. The standard InChI is InChI=1S/C29H43F/c1-3-5-6-7-8-9-23-12-18-27(19-13-23)28-20-14-24(15-21-28)10-11-25-16-17-26(4-2)29(30)22-25/h16-17,22-24,27-28H,3-9,12-15,18-21H2,1-2H3/t23-,24-,27-,28-. The maximum absolute atomic E-state index is 14.0. The Morgan fingerprint density at radius 3 is 2.13 bits per heavy atom. The van der Waals surface area contributed by atoms with Crippen LogP contribution in [0.25, 0.3) is 0 Å². The molecule has 2 aliphatic rings. The Labute approximate surface area is 185 Å². The lowest BCUT2D eigenvalue weighted by Crippen LogP contribution is -2.25. The van der Waals surface area contributed by atoms with E-state index >= 15 is 0 Å². The second-order valence-corrected chi connectivity index (χ2v) is 10.0. The van der Waals surface area contributed by atoms with Gasteiger partial charge in [-0.25, -0.2) is 4.39 Å². The van der Waals surface area contributed by atoms with Gasteiger partial charge in [0.2, 0.25) is 0 Å². The van der Waals surface area contributed by atoms with Crippen LogP contribution in [0.5, 0.6) is 0 Å². The molecule has 0 aromatic heterocycles. The molecule has 2 aliphatic carbocycles. The molecule has 0 atom stereocenters. The monoisotopic (exact) mass is 410 g/mol. The Morgan fingerprint density at radius 1 is 0.833 bits per heavy atom. The van der Waals surface area contributed by atoms with Crippen LogP contribution in [0.3, 0.4) is 0 Å². The molecule has 0 aliphatic heterocycles. The lowest BCUT2D eigenvalue weighted by molar-refractivity contribution is 0.153. The van der Waals surface area contributed by atoms with Gasteiger partial charge in [-0.3, -0.25) is 0 Å². The molecule has 3 rings (SSSR count). The Hall–Kier alpha value is -1.29. The lowest BCUT2D eigenvalue weighted by Gasteiger charge is -2.37. The van der Waals surface area contributed by atoms with Crippen LogP contribution in [0.1, 0.15) is 115 Å². The highest BCUT2D eigenvalue weighted by atomic mass is 19.1. The predicted octanol–water partition coefficient (Wildman–Crippen LogP) is 8.71. The van der Waals surface area contributed by atoms with Gasteiger partial charge in [0, 0.05) is 11.5 Å². The summed E-state index contributed by atoms with van der Waals surface area (Å²) in [6.45, 7) is 4.29. The second-order valence-electron chi connectivity index (χ2n) is 10.0. The van der Waals surface area contributed by atoms with Crippen molar-refractivity contribution in [2.45, 2.75) is 110 Å². The van der Waals surface area contributed by atoms with Crippen molar-refractivity contribution in [1.29, 1.82) is 0 Å². The van der Waals surface area contributed by atoms with E-state index in [1.807, 2.05) is 19.1 Å². The largest absolute Gasteiger partial charge is 0.207 e. The van der Waals surface area contributed by atoms with Gasteiger partial charge in [0.1, 0.15) is 5.82 Å². The fourth-order valence-electron chi connectivity index (χ4n) is 5.82. The zero-order valence-electron chi connectivity index (χ0n) is 19.5. The minimum absolute atomic E-state index is 0.107. The molecule has 0 bridgehead atoms. The van der Waals surface area contributed by atoms with Gasteiger partial charge in [-0.05, 0) is 80.4 Å². The Morgan fingerprint density at radius 2 is 1.50 bits per heavy atom. The fourth-order valence-corrected chi connectivity index (χ4v) is 5.82. The van der Waals surface area contributed by atoms with Crippen LogP contribution in [0.15, 0.2) is 18.2 Å². The third kappa shape index (κ3) is 7.14. The molecule has 0 unspecified atom stereocenters. The van der Waals surface area contributed by atoms with E-state index < -0.39 is 0 Å². The molecule has 0 nitrogen and oxygen atoms in total. The molecule has 2 saturated carbocycles. The molecule has 166 valence electrons. The van der Waals surface area contributed by atoms with E-state index in [4.69, 9.17) is 0 Å². The summed E-state index contributed by atoms with van der Waals surface area (Å²) in [6, 6.07) is 5.47. The highest BCUT2D eigenvalue weighted by molar-refractivity contribution is 5.37. The van der Waals surface area contributed by atoms with Crippen LogP contribution in [0.4, 0.5) is 4.39 Å². The third-order valence-electron chi connectivity index (χ3n) is 7.90. The van der Waals surface area contributed by atoms with E-state index in [-0.39, 0.29) is 5.82 Å². The fraction of sp³-hybridized carbons (Fsp3) is 0.724. The van der Waals surface area contributed by atoms with Gasteiger partial charge in [0.25, 0.3) is 0 Å². The van der Waals surface area contributed by atoms with Crippen molar-refractivity contribution in [2.75, 3.05) is 0 Å². The summed E-state index contributed by atoms with van der Waals surface area (Å²) in [5.41, 5.74) is 1.62. The normalized spacial score (nSPS) is 26.8.